The second-order valence-corrected chi connectivity index (χ2v) is 4.41. The third-order valence-electron chi connectivity index (χ3n) is 3.54. The average molecular weight is 182 g/mol. The molecule has 2 rings (SSSR count). The lowest BCUT2D eigenvalue weighted by molar-refractivity contribution is -0.128. The van der Waals surface area contributed by atoms with Crippen LogP contribution < -0.4 is 5.73 Å². The Hall–Kier alpha value is -0.410. The number of ketones is 1. The van der Waals surface area contributed by atoms with Gasteiger partial charge in [0.2, 0.25) is 0 Å². The second-order valence-electron chi connectivity index (χ2n) is 4.41. The zero-order chi connectivity index (χ0) is 9.42. The first-order valence-electron chi connectivity index (χ1n) is 5.20. The second kappa shape index (κ2) is 3.39. The quantitative estimate of drug-likeness (QED) is 0.665. The minimum atomic E-state index is 0.327. The number of Topliss-reactive ketones (excluding diaryl/α,β-unsaturated/α-hetero) is 1. The Balaban J connectivity index is 2.02. The van der Waals surface area contributed by atoms with E-state index in [1.807, 2.05) is 0 Å². The Kier molecular flexibility index (Phi) is 2.39. The van der Waals surface area contributed by atoms with Crippen LogP contribution in [0, 0.1) is 11.8 Å². The van der Waals surface area contributed by atoms with Crippen molar-refractivity contribution in [3.63, 3.8) is 0 Å². The molecule has 0 aromatic rings. The fourth-order valence-electron chi connectivity index (χ4n) is 2.53. The molecule has 1 saturated carbocycles. The van der Waals surface area contributed by atoms with Crippen molar-refractivity contribution in [3.05, 3.63) is 0 Å². The van der Waals surface area contributed by atoms with Gasteiger partial charge < -0.3 is 5.73 Å². The van der Waals surface area contributed by atoms with Crippen LogP contribution in [0.25, 0.3) is 0 Å². The topological polar surface area (TPSA) is 46.3 Å². The number of hydrogen-bond donors (Lipinski definition) is 1. The number of likely N-dealkylation sites (tertiary alicyclic amines) is 1. The maximum atomic E-state index is 11.6. The van der Waals surface area contributed by atoms with Crippen LogP contribution in [0.2, 0.25) is 0 Å². The SMILES string of the molecule is CC(CN)N1CC2CCC(C1)C2=O. The highest BCUT2D eigenvalue weighted by atomic mass is 16.1. The normalized spacial score (nSPS) is 36.6. The fourth-order valence-corrected chi connectivity index (χ4v) is 2.53. The van der Waals surface area contributed by atoms with Crippen molar-refractivity contribution in [2.75, 3.05) is 19.6 Å². The van der Waals surface area contributed by atoms with E-state index in [0.717, 1.165) is 25.9 Å². The van der Waals surface area contributed by atoms with Gasteiger partial charge in [-0.15, -0.1) is 0 Å². The molecular formula is C10H18N2O. The molecular weight excluding hydrogens is 164 g/mol. The van der Waals surface area contributed by atoms with E-state index in [4.69, 9.17) is 5.73 Å². The molecule has 1 heterocycles. The summed E-state index contributed by atoms with van der Waals surface area (Å²) in [5.74, 6) is 1.17. The van der Waals surface area contributed by atoms with E-state index in [1.165, 1.54) is 0 Å². The predicted octanol–water partition coefficient (Wildman–Crippen LogP) is 0.244. The van der Waals surface area contributed by atoms with Gasteiger partial charge in [0.05, 0.1) is 0 Å². The Labute approximate surface area is 79.3 Å². The molecule has 3 heteroatoms. The summed E-state index contributed by atoms with van der Waals surface area (Å²) in [7, 11) is 0. The van der Waals surface area contributed by atoms with E-state index in [-0.39, 0.29) is 0 Å². The number of piperidine rings is 1. The molecule has 2 fully saturated rings. The average Bonchev–Trinajstić information content (AvgIpc) is 2.42. The number of carbonyl (C=O) groups excluding carboxylic acids is 1. The molecule has 0 amide bonds. The summed E-state index contributed by atoms with van der Waals surface area (Å²) in [5.41, 5.74) is 5.62. The van der Waals surface area contributed by atoms with Crippen molar-refractivity contribution < 1.29 is 4.79 Å². The summed E-state index contributed by atoms with van der Waals surface area (Å²) >= 11 is 0. The van der Waals surface area contributed by atoms with Crippen molar-refractivity contribution >= 4 is 5.78 Å². The molecule has 0 radical (unpaired) electrons. The van der Waals surface area contributed by atoms with Gasteiger partial charge in [0.25, 0.3) is 0 Å². The van der Waals surface area contributed by atoms with Gasteiger partial charge in [0.15, 0.2) is 0 Å². The van der Waals surface area contributed by atoms with Crippen molar-refractivity contribution in [2.45, 2.75) is 25.8 Å². The Morgan fingerprint density at radius 1 is 1.46 bits per heavy atom. The number of hydrogen-bond acceptors (Lipinski definition) is 3. The molecule has 1 aliphatic carbocycles. The van der Waals surface area contributed by atoms with Crippen LogP contribution in [0.5, 0.6) is 0 Å². The highest BCUT2D eigenvalue weighted by molar-refractivity contribution is 5.86. The van der Waals surface area contributed by atoms with E-state index in [9.17, 15) is 4.79 Å². The monoisotopic (exact) mass is 182 g/mol. The Morgan fingerprint density at radius 2 is 2.00 bits per heavy atom. The van der Waals surface area contributed by atoms with Crippen molar-refractivity contribution in [3.8, 4) is 0 Å². The Morgan fingerprint density at radius 3 is 2.46 bits per heavy atom. The molecule has 3 nitrogen and oxygen atoms in total. The standard InChI is InChI=1S/C10H18N2O/c1-7(4-11)12-5-8-2-3-9(6-12)10(8)13/h7-9H,2-6,11H2,1H3. The first-order chi connectivity index (χ1) is 6.22. The molecule has 2 aliphatic rings. The molecule has 0 aromatic heterocycles. The molecule has 74 valence electrons. The molecule has 3 atom stereocenters. The summed E-state index contributed by atoms with van der Waals surface area (Å²) in [5, 5.41) is 0. The van der Waals surface area contributed by atoms with E-state index < -0.39 is 0 Å². The van der Waals surface area contributed by atoms with Gasteiger partial charge in [-0.25, -0.2) is 0 Å². The largest absolute Gasteiger partial charge is 0.329 e. The number of fused-ring (bicyclic) bond motifs is 2. The summed E-state index contributed by atoms with van der Waals surface area (Å²) < 4.78 is 0. The number of rotatable bonds is 2. The van der Waals surface area contributed by atoms with Gasteiger partial charge in [0, 0.05) is 37.5 Å². The van der Waals surface area contributed by atoms with E-state index in [2.05, 4.69) is 11.8 Å². The molecule has 13 heavy (non-hydrogen) atoms. The lowest BCUT2D eigenvalue weighted by Gasteiger charge is -2.34. The zero-order valence-electron chi connectivity index (χ0n) is 8.20. The van der Waals surface area contributed by atoms with E-state index >= 15 is 0 Å². The highest BCUT2D eigenvalue weighted by Gasteiger charge is 2.41. The predicted molar refractivity (Wildman–Crippen MR) is 51.3 cm³/mol. The Bertz CT molecular complexity index is 201. The van der Waals surface area contributed by atoms with E-state index in [0.29, 0.717) is 30.2 Å². The summed E-state index contributed by atoms with van der Waals surface area (Å²) in [6, 6.07) is 0.441. The maximum Gasteiger partial charge on any atom is 0.141 e. The van der Waals surface area contributed by atoms with Gasteiger partial charge in [-0.1, -0.05) is 0 Å². The van der Waals surface area contributed by atoms with Crippen LogP contribution in [-0.2, 0) is 4.79 Å². The van der Waals surface area contributed by atoms with Gasteiger partial charge in [-0.3, -0.25) is 9.69 Å². The van der Waals surface area contributed by atoms with Crippen LogP contribution in [0.15, 0.2) is 0 Å². The van der Waals surface area contributed by atoms with Crippen molar-refractivity contribution in [1.29, 1.82) is 0 Å². The van der Waals surface area contributed by atoms with Crippen LogP contribution in [-0.4, -0.2) is 36.4 Å². The molecule has 2 N–H and O–H groups in total. The fraction of sp³-hybridized carbons (Fsp3) is 0.900. The third kappa shape index (κ3) is 1.51. The molecule has 0 aromatic carbocycles. The third-order valence-corrected chi connectivity index (χ3v) is 3.54. The highest BCUT2D eigenvalue weighted by Crippen LogP contribution is 2.33. The maximum absolute atomic E-state index is 11.6. The summed E-state index contributed by atoms with van der Waals surface area (Å²) in [6.07, 6.45) is 2.22. The van der Waals surface area contributed by atoms with Gasteiger partial charge in [-0.05, 0) is 19.8 Å². The van der Waals surface area contributed by atoms with Gasteiger partial charge in [-0.2, -0.15) is 0 Å². The zero-order valence-corrected chi connectivity index (χ0v) is 8.20. The smallest absolute Gasteiger partial charge is 0.141 e. The minimum Gasteiger partial charge on any atom is -0.329 e. The van der Waals surface area contributed by atoms with Crippen LogP contribution in [0.4, 0.5) is 0 Å². The molecule has 3 unspecified atom stereocenters. The van der Waals surface area contributed by atoms with E-state index in [1.54, 1.807) is 0 Å². The van der Waals surface area contributed by atoms with Crippen molar-refractivity contribution in [1.82, 2.24) is 4.90 Å². The summed E-state index contributed by atoms with van der Waals surface area (Å²) in [4.78, 5) is 14.0. The lowest BCUT2D eigenvalue weighted by Crippen LogP contribution is -2.48. The van der Waals surface area contributed by atoms with Crippen LogP contribution >= 0.6 is 0 Å². The minimum absolute atomic E-state index is 0.327. The van der Waals surface area contributed by atoms with Crippen molar-refractivity contribution in [2.24, 2.45) is 17.6 Å². The first-order valence-corrected chi connectivity index (χ1v) is 5.20. The van der Waals surface area contributed by atoms with Gasteiger partial charge in [0.1, 0.15) is 5.78 Å². The summed E-state index contributed by atoms with van der Waals surface area (Å²) in [6.45, 7) is 4.75. The number of nitrogens with zero attached hydrogens (tertiary/aromatic N) is 1. The molecule has 1 saturated heterocycles. The number of carbonyl (C=O) groups is 1. The van der Waals surface area contributed by atoms with Crippen LogP contribution in [0.3, 0.4) is 0 Å². The van der Waals surface area contributed by atoms with Crippen LogP contribution in [0.1, 0.15) is 19.8 Å². The molecule has 2 bridgehead atoms. The molecule has 0 spiro atoms. The molecule has 1 aliphatic heterocycles. The number of nitrogens with two attached hydrogens (primary N) is 1. The lowest BCUT2D eigenvalue weighted by atomic mass is 9.96. The van der Waals surface area contributed by atoms with Gasteiger partial charge >= 0.3 is 0 Å². The first kappa shape index (κ1) is 9.16.